The van der Waals surface area contributed by atoms with Gasteiger partial charge in [0.1, 0.15) is 32.1 Å². The molecule has 5 aromatic rings. The van der Waals surface area contributed by atoms with Gasteiger partial charge in [-0.05, 0) is 120 Å². The van der Waals surface area contributed by atoms with Gasteiger partial charge < -0.3 is 23.5 Å². The van der Waals surface area contributed by atoms with Crippen molar-refractivity contribution in [1.82, 2.24) is 0 Å². The minimum absolute atomic E-state index is 0.120. The third-order valence-electron chi connectivity index (χ3n) is 13.0. The lowest BCUT2D eigenvalue weighted by atomic mass is 9.50. The fraction of sp³-hybridized carbons (Fsp3) is 0.304. The van der Waals surface area contributed by atoms with Gasteiger partial charge in [0.15, 0.2) is 24.8 Å². The van der Waals surface area contributed by atoms with E-state index in [1.807, 2.05) is 72.8 Å². The van der Waals surface area contributed by atoms with E-state index in [0.717, 1.165) is 70.9 Å². The second-order valence-corrected chi connectivity index (χ2v) is 17.6. The van der Waals surface area contributed by atoms with E-state index in [2.05, 4.69) is 11.7 Å². The van der Waals surface area contributed by atoms with Crippen LogP contribution < -0.4 is 14.2 Å². The quantitative estimate of drug-likeness (QED) is 0.0414. The number of fused-ring (bicyclic) bond motifs is 3. The van der Waals surface area contributed by atoms with Gasteiger partial charge in [-0.3, -0.25) is 0 Å². The smallest absolute Gasteiger partial charge is 0.349 e. The van der Waals surface area contributed by atoms with Crippen LogP contribution in [-0.2, 0) is 29.9 Å². The van der Waals surface area contributed by atoms with Crippen LogP contribution in [0.1, 0.15) is 61.3 Å². The molecule has 14 heteroatoms. The Balaban J connectivity index is 0.945. The van der Waals surface area contributed by atoms with Gasteiger partial charge in [-0.15, -0.1) is 0 Å². The molecule has 0 amide bonds. The molecule has 0 aliphatic heterocycles. The fourth-order valence-electron chi connectivity index (χ4n) is 10.5. The van der Waals surface area contributed by atoms with E-state index < -0.39 is 67.6 Å². The van der Waals surface area contributed by atoms with Crippen molar-refractivity contribution in [3.8, 4) is 28.4 Å². The number of esters is 2. The van der Waals surface area contributed by atoms with E-state index in [1.54, 1.807) is 24.3 Å². The Morgan fingerprint density at radius 3 is 1.52 bits per heavy atom. The van der Waals surface area contributed by atoms with Crippen molar-refractivity contribution >= 4 is 22.1 Å². The van der Waals surface area contributed by atoms with Gasteiger partial charge >= 0.3 is 11.9 Å². The maximum atomic E-state index is 14.4. The lowest BCUT2D eigenvalue weighted by Gasteiger charge is -2.59. The fourth-order valence-corrected chi connectivity index (χ4v) is 11.1. The molecule has 5 aliphatic carbocycles. The van der Waals surface area contributed by atoms with Gasteiger partial charge in [0, 0.05) is 0 Å². The van der Waals surface area contributed by atoms with Gasteiger partial charge in [-0.2, -0.15) is 8.78 Å². The highest BCUT2D eigenvalue weighted by molar-refractivity contribution is 7.85. The number of ether oxygens (including phenoxy) is 4. The Bertz CT molecular complexity index is 2550. The summed E-state index contributed by atoms with van der Waals surface area (Å²) in [4.78, 5) is 23.4. The summed E-state index contributed by atoms with van der Waals surface area (Å²) in [7, 11) is -5.95. The first-order valence-electron chi connectivity index (χ1n) is 19.6. The lowest BCUT2D eigenvalue weighted by molar-refractivity contribution is -0.204. The van der Waals surface area contributed by atoms with Crippen molar-refractivity contribution < 1.29 is 59.1 Å². The Morgan fingerprint density at radius 2 is 1.07 bits per heavy atom. The van der Waals surface area contributed by atoms with Crippen LogP contribution in [0.25, 0.3) is 11.1 Å². The maximum Gasteiger partial charge on any atom is 0.349 e. The number of carbonyl (C=O) groups excluding carboxylic acids is 2. The standard InChI is InChI=1S/C46H38F4O9S/c1-45(29-19-25-18-26(21-29)22-30(45)20-25)59-38(52)24-57-32-16-12-28(13-17-32)46(35-8-4-2-6-33(35)34-7-3-5-9-36(34)46)27-10-14-31(15-11-27)56-23-37(51)58-43-39(47)41(49)44(60(53,54)55)42(50)40(43)48/h2-17,25-26,29-30H,18-24H2,1H3,(H,53,54,55)/p-1. The zero-order valence-corrected chi connectivity index (χ0v) is 32.9. The average Bonchev–Trinajstić information content (AvgIpc) is 3.53. The Hall–Kier alpha value is -5.73. The van der Waals surface area contributed by atoms with Crippen molar-refractivity contribution in [1.29, 1.82) is 0 Å². The summed E-state index contributed by atoms with van der Waals surface area (Å²) in [5, 5.41) is 0. The van der Waals surface area contributed by atoms with E-state index in [9.17, 15) is 40.1 Å². The van der Waals surface area contributed by atoms with E-state index in [1.165, 1.54) is 6.42 Å². The van der Waals surface area contributed by atoms with E-state index in [0.29, 0.717) is 17.6 Å². The summed E-state index contributed by atoms with van der Waals surface area (Å²) >= 11 is 0. The van der Waals surface area contributed by atoms with Crippen LogP contribution in [0.3, 0.4) is 0 Å². The molecule has 0 radical (unpaired) electrons. The van der Waals surface area contributed by atoms with Crippen LogP contribution in [0.2, 0.25) is 0 Å². The zero-order valence-electron chi connectivity index (χ0n) is 32.1. The molecule has 0 saturated heterocycles. The van der Waals surface area contributed by atoms with Gasteiger partial charge in [-0.25, -0.2) is 26.8 Å². The van der Waals surface area contributed by atoms with Crippen LogP contribution in [0.5, 0.6) is 17.2 Å². The van der Waals surface area contributed by atoms with Crippen LogP contribution in [-0.4, -0.2) is 43.7 Å². The second kappa shape index (κ2) is 14.8. The average molecular weight is 842 g/mol. The third kappa shape index (κ3) is 6.51. The van der Waals surface area contributed by atoms with Gasteiger partial charge in [0.2, 0.25) is 17.4 Å². The summed E-state index contributed by atoms with van der Waals surface area (Å²) in [6, 6.07) is 30.2. The first kappa shape index (κ1) is 39.7. The highest BCUT2D eigenvalue weighted by Gasteiger charge is 2.57. The number of benzene rings is 5. The molecule has 4 saturated carbocycles. The van der Waals surface area contributed by atoms with E-state index >= 15 is 0 Å². The molecule has 0 atom stereocenters. The predicted octanol–water partition coefficient (Wildman–Crippen LogP) is 8.63. The summed E-state index contributed by atoms with van der Waals surface area (Å²) in [5.41, 5.74) is 4.39. The molecule has 4 fully saturated rings. The molecule has 9 nitrogen and oxygen atoms in total. The molecule has 60 heavy (non-hydrogen) atoms. The molecule has 10 rings (SSSR count). The molecule has 0 spiro atoms. The highest BCUT2D eigenvalue weighted by Crippen LogP contribution is 2.60. The molecule has 5 aromatic carbocycles. The largest absolute Gasteiger partial charge is 0.744 e. The van der Waals surface area contributed by atoms with Crippen molar-refractivity contribution in [2.24, 2.45) is 23.7 Å². The summed E-state index contributed by atoms with van der Waals surface area (Å²) in [6.45, 7) is 0.907. The molecule has 310 valence electrons. The SMILES string of the molecule is CC1(OC(=O)COc2ccc(C3(c4ccc(OCC(=O)Oc5c(F)c(F)c(S(=O)(=O)[O-])c(F)c5F)cc4)c4ccccc4-c4ccccc43)cc2)C2CC3CC(C2)CC1C3. The lowest BCUT2D eigenvalue weighted by Crippen LogP contribution is -2.58. The summed E-state index contributed by atoms with van der Waals surface area (Å²) in [6.07, 6.45) is 5.78. The van der Waals surface area contributed by atoms with E-state index in [-0.39, 0.29) is 18.3 Å². The molecule has 4 bridgehead atoms. The molecule has 0 N–H and O–H groups in total. The number of rotatable bonds is 11. The molecule has 0 heterocycles. The first-order chi connectivity index (χ1) is 28.7. The monoisotopic (exact) mass is 841 g/mol. The van der Waals surface area contributed by atoms with Crippen LogP contribution in [0.4, 0.5) is 17.6 Å². The Morgan fingerprint density at radius 1 is 0.633 bits per heavy atom. The Labute approximate surface area is 343 Å². The first-order valence-corrected chi connectivity index (χ1v) is 21.0. The number of hydrogen-bond donors (Lipinski definition) is 0. The topological polar surface area (TPSA) is 128 Å². The van der Waals surface area contributed by atoms with Crippen molar-refractivity contribution in [2.75, 3.05) is 13.2 Å². The van der Waals surface area contributed by atoms with Gasteiger partial charge in [0.25, 0.3) is 0 Å². The molecular weight excluding hydrogens is 805 g/mol. The second-order valence-electron chi connectivity index (χ2n) is 16.3. The molecule has 0 aromatic heterocycles. The molecule has 0 unspecified atom stereocenters. The number of halogens is 4. The minimum atomic E-state index is -5.95. The van der Waals surface area contributed by atoms with Gasteiger partial charge in [-0.1, -0.05) is 72.8 Å². The van der Waals surface area contributed by atoms with Crippen molar-refractivity contribution in [3.63, 3.8) is 0 Å². The van der Waals surface area contributed by atoms with Crippen LogP contribution in [0, 0.1) is 46.9 Å². The maximum absolute atomic E-state index is 14.4. The van der Waals surface area contributed by atoms with Crippen molar-refractivity contribution in [2.45, 2.75) is 54.9 Å². The highest BCUT2D eigenvalue weighted by atomic mass is 32.2. The van der Waals surface area contributed by atoms with E-state index in [4.69, 9.17) is 14.2 Å². The minimum Gasteiger partial charge on any atom is -0.744 e. The normalized spacial score (nSPS) is 23.1. The number of hydrogen-bond acceptors (Lipinski definition) is 9. The zero-order chi connectivity index (χ0) is 42.1. The summed E-state index contributed by atoms with van der Waals surface area (Å²) < 4.78 is 113. The molecular formula is C46H37F4O9S-. The van der Waals surface area contributed by atoms with Crippen molar-refractivity contribution in [3.05, 3.63) is 143 Å². The number of carbonyl (C=O) groups is 2. The van der Waals surface area contributed by atoms with Gasteiger partial charge in [0.05, 0.1) is 5.41 Å². The van der Waals surface area contributed by atoms with Crippen LogP contribution in [0.15, 0.2) is 102 Å². The summed E-state index contributed by atoms with van der Waals surface area (Å²) in [5.74, 6) is -10.7. The Kier molecular flexibility index (Phi) is 9.78. The van der Waals surface area contributed by atoms with Crippen LogP contribution >= 0.6 is 0 Å². The third-order valence-corrected chi connectivity index (χ3v) is 13.8. The predicted molar refractivity (Wildman–Crippen MR) is 206 cm³/mol. The molecule has 5 aliphatic rings.